The second-order valence-corrected chi connectivity index (χ2v) is 4.61. The minimum absolute atomic E-state index is 0.491. The summed E-state index contributed by atoms with van der Waals surface area (Å²) >= 11 is 0. The Labute approximate surface area is 122 Å². The highest BCUT2D eigenvalue weighted by molar-refractivity contribution is 5.78. The van der Waals surface area contributed by atoms with Crippen LogP contribution in [0.25, 0.3) is 11.0 Å². The van der Waals surface area contributed by atoms with Gasteiger partial charge in [0.1, 0.15) is 6.61 Å². The summed E-state index contributed by atoms with van der Waals surface area (Å²) < 4.78 is 13.0. The average molecular weight is 283 g/mol. The molecule has 108 valence electrons. The number of nitrogens with two attached hydrogens (primary N) is 1. The third kappa shape index (κ3) is 2.63. The van der Waals surface area contributed by atoms with E-state index in [1.54, 1.807) is 7.11 Å². The SMILES string of the molecule is COc1ccccc1OCCn1c(N)nc2ccccc21. The first-order valence-electron chi connectivity index (χ1n) is 6.76. The van der Waals surface area contributed by atoms with E-state index in [4.69, 9.17) is 15.2 Å². The van der Waals surface area contributed by atoms with Gasteiger partial charge >= 0.3 is 0 Å². The van der Waals surface area contributed by atoms with Crippen molar-refractivity contribution < 1.29 is 9.47 Å². The van der Waals surface area contributed by atoms with Crippen molar-refractivity contribution in [2.75, 3.05) is 19.5 Å². The van der Waals surface area contributed by atoms with E-state index in [1.807, 2.05) is 53.1 Å². The van der Waals surface area contributed by atoms with Crippen LogP contribution in [0.1, 0.15) is 0 Å². The van der Waals surface area contributed by atoms with Gasteiger partial charge in [0.05, 0.1) is 24.7 Å². The molecule has 0 aliphatic heterocycles. The summed E-state index contributed by atoms with van der Waals surface area (Å²) in [5.74, 6) is 1.95. The average Bonchev–Trinajstić information content (AvgIpc) is 2.84. The van der Waals surface area contributed by atoms with E-state index in [-0.39, 0.29) is 0 Å². The molecule has 0 saturated heterocycles. The number of methoxy groups -OCH3 is 1. The van der Waals surface area contributed by atoms with Crippen LogP contribution in [0.4, 0.5) is 5.95 Å². The van der Waals surface area contributed by atoms with E-state index >= 15 is 0 Å². The number of benzene rings is 2. The van der Waals surface area contributed by atoms with E-state index in [2.05, 4.69) is 4.98 Å². The smallest absolute Gasteiger partial charge is 0.201 e. The Morgan fingerprint density at radius 2 is 1.76 bits per heavy atom. The Morgan fingerprint density at radius 3 is 2.57 bits per heavy atom. The lowest BCUT2D eigenvalue weighted by Crippen LogP contribution is -2.11. The van der Waals surface area contributed by atoms with Crippen LogP contribution in [0.5, 0.6) is 11.5 Å². The zero-order valence-corrected chi connectivity index (χ0v) is 11.8. The predicted octanol–water partition coefficient (Wildman–Crippen LogP) is 2.71. The maximum absolute atomic E-state index is 5.96. The number of nitrogens with zero attached hydrogens (tertiary/aromatic N) is 2. The van der Waals surface area contributed by atoms with Crippen molar-refractivity contribution in [3.63, 3.8) is 0 Å². The van der Waals surface area contributed by atoms with E-state index < -0.39 is 0 Å². The maximum Gasteiger partial charge on any atom is 0.201 e. The number of rotatable bonds is 5. The first kappa shape index (κ1) is 13.3. The Kier molecular flexibility index (Phi) is 3.64. The number of hydrogen-bond acceptors (Lipinski definition) is 4. The van der Waals surface area contributed by atoms with Gasteiger partial charge in [-0.15, -0.1) is 0 Å². The van der Waals surface area contributed by atoms with Crippen LogP contribution in [0.2, 0.25) is 0 Å². The summed E-state index contributed by atoms with van der Waals surface area (Å²) in [7, 11) is 1.63. The minimum Gasteiger partial charge on any atom is -0.493 e. The van der Waals surface area contributed by atoms with E-state index in [9.17, 15) is 0 Å². The quantitative estimate of drug-likeness (QED) is 0.782. The molecule has 1 aromatic heterocycles. The van der Waals surface area contributed by atoms with Gasteiger partial charge < -0.3 is 19.8 Å². The van der Waals surface area contributed by atoms with Crippen LogP contribution in [0.3, 0.4) is 0 Å². The monoisotopic (exact) mass is 283 g/mol. The second-order valence-electron chi connectivity index (χ2n) is 4.61. The molecule has 2 N–H and O–H groups in total. The molecule has 0 radical (unpaired) electrons. The molecule has 5 heteroatoms. The van der Waals surface area contributed by atoms with Crippen molar-refractivity contribution in [3.8, 4) is 11.5 Å². The number of nitrogen functional groups attached to an aromatic ring is 1. The highest BCUT2D eigenvalue weighted by Crippen LogP contribution is 2.26. The van der Waals surface area contributed by atoms with Gasteiger partial charge in [0.15, 0.2) is 11.5 Å². The van der Waals surface area contributed by atoms with Crippen LogP contribution in [-0.4, -0.2) is 23.3 Å². The number of ether oxygens (including phenoxy) is 2. The highest BCUT2D eigenvalue weighted by Gasteiger charge is 2.08. The molecule has 0 amide bonds. The van der Waals surface area contributed by atoms with Crippen molar-refractivity contribution in [2.24, 2.45) is 0 Å². The molecule has 0 bridgehead atoms. The number of fused-ring (bicyclic) bond motifs is 1. The van der Waals surface area contributed by atoms with Gasteiger partial charge in [-0.2, -0.15) is 0 Å². The topological polar surface area (TPSA) is 62.3 Å². The van der Waals surface area contributed by atoms with Gasteiger partial charge in [0, 0.05) is 0 Å². The Morgan fingerprint density at radius 1 is 1.05 bits per heavy atom. The fourth-order valence-electron chi connectivity index (χ4n) is 2.31. The molecular formula is C16H17N3O2. The molecule has 0 aliphatic rings. The summed E-state index contributed by atoms with van der Waals surface area (Å²) in [6, 6.07) is 15.5. The molecule has 0 aliphatic carbocycles. The summed E-state index contributed by atoms with van der Waals surface area (Å²) in [4.78, 5) is 4.33. The molecule has 0 saturated carbocycles. The van der Waals surface area contributed by atoms with Crippen molar-refractivity contribution >= 4 is 17.0 Å². The molecule has 5 nitrogen and oxygen atoms in total. The first-order chi connectivity index (χ1) is 10.3. The van der Waals surface area contributed by atoms with Crippen LogP contribution in [-0.2, 0) is 6.54 Å². The third-order valence-electron chi connectivity index (χ3n) is 3.33. The summed E-state index contributed by atoms with van der Waals surface area (Å²) in [6.07, 6.45) is 0. The fraction of sp³-hybridized carbons (Fsp3) is 0.188. The van der Waals surface area contributed by atoms with Crippen LogP contribution < -0.4 is 15.2 Å². The molecular weight excluding hydrogens is 266 g/mol. The molecule has 0 atom stereocenters. The second kappa shape index (κ2) is 5.75. The lowest BCUT2D eigenvalue weighted by atomic mass is 10.3. The largest absolute Gasteiger partial charge is 0.493 e. The molecule has 0 fully saturated rings. The maximum atomic E-state index is 5.96. The number of hydrogen-bond donors (Lipinski definition) is 1. The van der Waals surface area contributed by atoms with Gasteiger partial charge in [-0.05, 0) is 24.3 Å². The Bertz CT molecular complexity index is 752. The van der Waals surface area contributed by atoms with Gasteiger partial charge in [-0.1, -0.05) is 24.3 Å². The Balaban J connectivity index is 1.74. The van der Waals surface area contributed by atoms with Gasteiger partial charge in [-0.25, -0.2) is 4.98 Å². The molecule has 0 spiro atoms. The van der Waals surface area contributed by atoms with Gasteiger partial charge in [0.2, 0.25) is 5.95 Å². The number of imidazole rings is 1. The minimum atomic E-state index is 0.491. The van der Waals surface area contributed by atoms with Crippen molar-refractivity contribution in [2.45, 2.75) is 6.54 Å². The highest BCUT2D eigenvalue weighted by atomic mass is 16.5. The molecule has 3 rings (SSSR count). The van der Waals surface area contributed by atoms with E-state index in [0.717, 1.165) is 22.5 Å². The Hall–Kier alpha value is -2.69. The van der Waals surface area contributed by atoms with Crippen molar-refractivity contribution in [3.05, 3.63) is 48.5 Å². The molecule has 1 heterocycles. The van der Waals surface area contributed by atoms with Crippen LogP contribution in [0.15, 0.2) is 48.5 Å². The molecule has 21 heavy (non-hydrogen) atoms. The third-order valence-corrected chi connectivity index (χ3v) is 3.33. The van der Waals surface area contributed by atoms with E-state index in [0.29, 0.717) is 19.1 Å². The normalized spacial score (nSPS) is 10.7. The van der Waals surface area contributed by atoms with Crippen molar-refractivity contribution in [1.82, 2.24) is 9.55 Å². The van der Waals surface area contributed by atoms with Crippen molar-refractivity contribution in [1.29, 1.82) is 0 Å². The van der Waals surface area contributed by atoms with Crippen LogP contribution in [0, 0.1) is 0 Å². The predicted molar refractivity (Wildman–Crippen MR) is 82.6 cm³/mol. The zero-order chi connectivity index (χ0) is 14.7. The standard InChI is InChI=1S/C16H17N3O2/c1-20-14-8-4-5-9-15(14)21-11-10-19-13-7-3-2-6-12(13)18-16(19)17/h2-9H,10-11H2,1H3,(H2,17,18). The molecule has 0 unspecified atom stereocenters. The lowest BCUT2D eigenvalue weighted by molar-refractivity contribution is 0.282. The van der Waals surface area contributed by atoms with E-state index in [1.165, 1.54) is 0 Å². The molecule has 2 aromatic carbocycles. The number of anilines is 1. The molecule has 3 aromatic rings. The van der Waals surface area contributed by atoms with Gasteiger partial charge in [-0.3, -0.25) is 0 Å². The zero-order valence-electron chi connectivity index (χ0n) is 11.8. The summed E-state index contributed by atoms with van der Waals surface area (Å²) in [5, 5.41) is 0. The van der Waals surface area contributed by atoms with Crippen LogP contribution >= 0.6 is 0 Å². The number of aromatic nitrogens is 2. The fourth-order valence-corrected chi connectivity index (χ4v) is 2.31. The first-order valence-corrected chi connectivity index (χ1v) is 6.76. The van der Waals surface area contributed by atoms with Gasteiger partial charge in [0.25, 0.3) is 0 Å². The summed E-state index contributed by atoms with van der Waals surface area (Å²) in [6.45, 7) is 1.12. The summed E-state index contributed by atoms with van der Waals surface area (Å²) in [5.41, 5.74) is 7.87. The number of para-hydroxylation sites is 4. The lowest BCUT2D eigenvalue weighted by Gasteiger charge is -2.11.